The van der Waals surface area contributed by atoms with Crippen LogP contribution in [0.4, 0.5) is 0 Å². The van der Waals surface area contributed by atoms with Crippen molar-refractivity contribution in [1.29, 1.82) is 0 Å². The number of nitrogens with zero attached hydrogens (tertiary/aromatic N) is 2. The number of rotatable bonds is 5. The number of pyridine rings is 1. The second-order valence-electron chi connectivity index (χ2n) is 5.05. The number of aliphatic hydroxyl groups excluding tert-OH is 1. The van der Waals surface area contributed by atoms with E-state index >= 15 is 0 Å². The molecule has 1 aromatic heterocycles. The maximum atomic E-state index is 11.9. The van der Waals surface area contributed by atoms with Crippen molar-refractivity contribution in [3.8, 4) is 11.8 Å². The lowest BCUT2D eigenvalue weighted by atomic mass is 10.2. The molecule has 0 spiro atoms. The summed E-state index contributed by atoms with van der Waals surface area (Å²) in [6.07, 6.45) is 5.09. The molecule has 0 radical (unpaired) electrons. The molecule has 1 aromatic rings. The van der Waals surface area contributed by atoms with Gasteiger partial charge in [-0.3, -0.25) is 4.79 Å². The fourth-order valence-corrected chi connectivity index (χ4v) is 2.35. The van der Waals surface area contributed by atoms with Crippen molar-refractivity contribution in [3.05, 3.63) is 29.6 Å². The Bertz CT molecular complexity index is 511. The number of carbonyl (C=O) groups excluding carboxylic acids is 1. The lowest BCUT2D eigenvalue weighted by molar-refractivity contribution is 0.0947. The summed E-state index contributed by atoms with van der Waals surface area (Å²) in [5.41, 5.74) is 1.08. The van der Waals surface area contributed by atoms with Crippen LogP contribution in [-0.4, -0.2) is 53.7 Å². The molecule has 5 heteroatoms. The average Bonchev–Trinajstić information content (AvgIpc) is 3.03. The number of hydrogen-bond donors (Lipinski definition) is 2. The summed E-state index contributed by atoms with van der Waals surface area (Å²) in [5.74, 6) is 5.13. The molecule has 5 nitrogen and oxygen atoms in total. The molecule has 1 amide bonds. The second kappa shape index (κ2) is 8.40. The molecule has 2 heterocycles. The molecule has 1 aliphatic heterocycles. The molecule has 1 saturated heterocycles. The number of aromatic nitrogens is 1. The van der Waals surface area contributed by atoms with E-state index in [2.05, 4.69) is 27.0 Å². The number of nitrogens with one attached hydrogen (secondary N) is 1. The third-order valence-electron chi connectivity index (χ3n) is 3.44. The van der Waals surface area contributed by atoms with Gasteiger partial charge in [0.05, 0.1) is 0 Å². The summed E-state index contributed by atoms with van der Waals surface area (Å²) in [7, 11) is 0. The standard InChI is InChI=1S/C16H21N3O2/c20-12-3-5-14-6-7-15(18-13-14)16(21)17-8-4-11-19-9-1-2-10-19/h6-7,13,20H,1-2,4,8-12H2,(H,17,21). The summed E-state index contributed by atoms with van der Waals surface area (Å²) in [5, 5.41) is 11.5. The van der Waals surface area contributed by atoms with Crippen molar-refractivity contribution in [1.82, 2.24) is 15.2 Å². The number of hydrogen-bond acceptors (Lipinski definition) is 4. The van der Waals surface area contributed by atoms with Gasteiger partial charge in [-0.1, -0.05) is 11.8 Å². The normalized spacial score (nSPS) is 14.5. The quantitative estimate of drug-likeness (QED) is 0.616. The highest BCUT2D eigenvalue weighted by molar-refractivity contribution is 5.92. The van der Waals surface area contributed by atoms with Crippen LogP contribution >= 0.6 is 0 Å². The van der Waals surface area contributed by atoms with Crippen LogP contribution in [0.1, 0.15) is 35.3 Å². The zero-order valence-corrected chi connectivity index (χ0v) is 12.1. The summed E-state index contributed by atoms with van der Waals surface area (Å²) in [4.78, 5) is 18.4. The van der Waals surface area contributed by atoms with Crippen LogP contribution in [-0.2, 0) is 0 Å². The van der Waals surface area contributed by atoms with Crippen LogP contribution in [0, 0.1) is 11.8 Å². The first-order chi connectivity index (χ1) is 10.3. The highest BCUT2D eigenvalue weighted by Crippen LogP contribution is 2.07. The molecular formula is C16H21N3O2. The van der Waals surface area contributed by atoms with Crippen LogP contribution in [0.15, 0.2) is 18.3 Å². The maximum Gasteiger partial charge on any atom is 0.269 e. The van der Waals surface area contributed by atoms with Crippen molar-refractivity contribution in [2.45, 2.75) is 19.3 Å². The maximum absolute atomic E-state index is 11.9. The van der Waals surface area contributed by atoms with Gasteiger partial charge in [-0.05, 0) is 51.0 Å². The Balaban J connectivity index is 1.72. The van der Waals surface area contributed by atoms with Gasteiger partial charge in [0.2, 0.25) is 0 Å². The Morgan fingerprint density at radius 3 is 2.86 bits per heavy atom. The first kappa shape index (κ1) is 15.5. The Labute approximate surface area is 125 Å². The SMILES string of the molecule is O=C(NCCCN1CCCC1)c1ccc(C#CCO)cn1. The molecule has 0 aliphatic carbocycles. The molecule has 112 valence electrons. The number of amides is 1. The molecule has 0 aromatic carbocycles. The van der Waals surface area contributed by atoms with E-state index in [0.717, 1.165) is 13.0 Å². The van der Waals surface area contributed by atoms with E-state index < -0.39 is 0 Å². The van der Waals surface area contributed by atoms with Gasteiger partial charge in [0.1, 0.15) is 12.3 Å². The van der Waals surface area contributed by atoms with E-state index in [1.165, 1.54) is 25.9 Å². The fourth-order valence-electron chi connectivity index (χ4n) is 2.35. The molecule has 1 fully saturated rings. The van der Waals surface area contributed by atoms with Gasteiger partial charge in [-0.15, -0.1) is 0 Å². The lowest BCUT2D eigenvalue weighted by Crippen LogP contribution is -2.29. The smallest absolute Gasteiger partial charge is 0.269 e. The largest absolute Gasteiger partial charge is 0.384 e. The van der Waals surface area contributed by atoms with Crippen LogP contribution in [0.25, 0.3) is 0 Å². The van der Waals surface area contributed by atoms with E-state index in [4.69, 9.17) is 5.11 Å². The van der Waals surface area contributed by atoms with Crippen molar-refractivity contribution < 1.29 is 9.90 Å². The van der Waals surface area contributed by atoms with Crippen molar-refractivity contribution in [3.63, 3.8) is 0 Å². The summed E-state index contributed by atoms with van der Waals surface area (Å²) >= 11 is 0. The second-order valence-corrected chi connectivity index (χ2v) is 5.05. The number of carbonyl (C=O) groups is 1. The summed E-state index contributed by atoms with van der Waals surface area (Å²) in [6.45, 7) is 3.91. The molecule has 2 rings (SSSR count). The Hall–Kier alpha value is -1.90. The molecule has 0 unspecified atom stereocenters. The van der Waals surface area contributed by atoms with Crippen molar-refractivity contribution in [2.24, 2.45) is 0 Å². The van der Waals surface area contributed by atoms with Gasteiger partial charge in [-0.2, -0.15) is 0 Å². The monoisotopic (exact) mass is 287 g/mol. The summed E-state index contributed by atoms with van der Waals surface area (Å²) in [6, 6.07) is 3.38. The molecule has 1 aliphatic rings. The first-order valence-electron chi connectivity index (χ1n) is 7.36. The van der Waals surface area contributed by atoms with Gasteiger partial charge < -0.3 is 15.3 Å². The van der Waals surface area contributed by atoms with Gasteiger partial charge in [0, 0.05) is 18.3 Å². The van der Waals surface area contributed by atoms with Crippen LogP contribution in [0.5, 0.6) is 0 Å². The first-order valence-corrected chi connectivity index (χ1v) is 7.36. The molecule has 0 atom stereocenters. The van der Waals surface area contributed by atoms with E-state index in [1.54, 1.807) is 18.3 Å². The average molecular weight is 287 g/mol. The van der Waals surface area contributed by atoms with Crippen LogP contribution in [0.3, 0.4) is 0 Å². The van der Waals surface area contributed by atoms with Crippen LogP contribution < -0.4 is 5.32 Å². The predicted octanol–water partition coefficient (Wildman–Crippen LogP) is 0.641. The van der Waals surface area contributed by atoms with Gasteiger partial charge in [-0.25, -0.2) is 4.98 Å². The number of likely N-dealkylation sites (tertiary alicyclic amines) is 1. The van der Waals surface area contributed by atoms with E-state index in [-0.39, 0.29) is 12.5 Å². The fraction of sp³-hybridized carbons (Fsp3) is 0.500. The van der Waals surface area contributed by atoms with E-state index in [9.17, 15) is 4.79 Å². The minimum Gasteiger partial charge on any atom is -0.384 e. The minimum atomic E-state index is -0.181. The Morgan fingerprint density at radius 1 is 1.38 bits per heavy atom. The molecule has 0 saturated carbocycles. The van der Waals surface area contributed by atoms with Gasteiger partial charge >= 0.3 is 0 Å². The zero-order valence-electron chi connectivity index (χ0n) is 12.1. The minimum absolute atomic E-state index is 0.155. The van der Waals surface area contributed by atoms with Gasteiger partial charge in [0.15, 0.2) is 0 Å². The summed E-state index contributed by atoms with van der Waals surface area (Å²) < 4.78 is 0. The van der Waals surface area contributed by atoms with E-state index in [1.807, 2.05) is 0 Å². The molecule has 0 bridgehead atoms. The third-order valence-corrected chi connectivity index (χ3v) is 3.44. The molecular weight excluding hydrogens is 266 g/mol. The van der Waals surface area contributed by atoms with Crippen molar-refractivity contribution in [2.75, 3.05) is 32.8 Å². The van der Waals surface area contributed by atoms with Gasteiger partial charge in [0.25, 0.3) is 5.91 Å². The molecule has 2 N–H and O–H groups in total. The lowest BCUT2D eigenvalue weighted by Gasteiger charge is -2.14. The highest BCUT2D eigenvalue weighted by atomic mass is 16.2. The van der Waals surface area contributed by atoms with Crippen molar-refractivity contribution >= 4 is 5.91 Å². The molecule has 21 heavy (non-hydrogen) atoms. The Morgan fingerprint density at radius 2 is 2.19 bits per heavy atom. The van der Waals surface area contributed by atoms with Crippen LogP contribution in [0.2, 0.25) is 0 Å². The topological polar surface area (TPSA) is 65.5 Å². The third kappa shape index (κ3) is 5.18. The zero-order chi connectivity index (χ0) is 14.9. The predicted molar refractivity (Wildman–Crippen MR) is 80.8 cm³/mol. The number of aliphatic hydroxyl groups is 1. The highest BCUT2D eigenvalue weighted by Gasteiger charge is 2.11. The Kier molecular flexibility index (Phi) is 6.20. The van der Waals surface area contributed by atoms with E-state index in [0.29, 0.717) is 17.8 Å².